The van der Waals surface area contributed by atoms with Crippen LogP contribution >= 0.6 is 0 Å². The van der Waals surface area contributed by atoms with Gasteiger partial charge < -0.3 is 28.4 Å². The standard InChI is InChI=1S/C35H35N5O5/c1-4-44-28-20-26(13-14-27(28)45-21-25-11-6-5-7-12-25)31-29(32(41)30-24(3)39-17-8-10-23(2)34(39)37-30)33(42)35(43)40(31)18-9-16-38-19-15-36-22-38/h5-8,10-15,17,19-20,22,31,41H,4,9,16,18,21H2,1-3H3/b32-29+. The number of hydrogen-bond acceptors (Lipinski definition) is 7. The van der Waals surface area contributed by atoms with Crippen LogP contribution < -0.4 is 9.47 Å². The van der Waals surface area contributed by atoms with Crippen molar-refractivity contribution in [3.63, 3.8) is 0 Å². The molecule has 0 radical (unpaired) electrons. The molecule has 2 aromatic carbocycles. The van der Waals surface area contributed by atoms with Gasteiger partial charge >= 0.3 is 0 Å². The lowest BCUT2D eigenvalue weighted by Crippen LogP contribution is -2.31. The Hall–Kier alpha value is -5.38. The van der Waals surface area contributed by atoms with Crippen molar-refractivity contribution in [2.45, 2.75) is 46.4 Å². The Kier molecular flexibility index (Phi) is 8.37. The van der Waals surface area contributed by atoms with Crippen molar-refractivity contribution >= 4 is 23.1 Å². The van der Waals surface area contributed by atoms with E-state index in [1.54, 1.807) is 24.7 Å². The second-order valence-corrected chi connectivity index (χ2v) is 11.0. The number of fused-ring (bicyclic) bond motifs is 1. The first-order valence-electron chi connectivity index (χ1n) is 15.0. The van der Waals surface area contributed by atoms with Crippen molar-refractivity contribution in [1.82, 2.24) is 23.8 Å². The van der Waals surface area contributed by atoms with Crippen molar-refractivity contribution in [1.29, 1.82) is 0 Å². The number of carbonyl (C=O) groups is 2. The van der Waals surface area contributed by atoms with E-state index in [4.69, 9.17) is 14.5 Å². The highest BCUT2D eigenvalue weighted by Crippen LogP contribution is 2.42. The summed E-state index contributed by atoms with van der Waals surface area (Å²) >= 11 is 0. The van der Waals surface area contributed by atoms with E-state index in [9.17, 15) is 14.7 Å². The maximum Gasteiger partial charge on any atom is 0.295 e. The first-order valence-corrected chi connectivity index (χ1v) is 15.0. The molecule has 1 unspecified atom stereocenters. The molecular formula is C35H35N5O5. The van der Waals surface area contributed by atoms with E-state index < -0.39 is 17.7 Å². The van der Waals surface area contributed by atoms with Crippen LogP contribution in [0.25, 0.3) is 11.4 Å². The summed E-state index contributed by atoms with van der Waals surface area (Å²) in [7, 11) is 0. The summed E-state index contributed by atoms with van der Waals surface area (Å²) in [5.74, 6) is -0.719. The van der Waals surface area contributed by atoms with Crippen LogP contribution in [0.1, 0.15) is 47.5 Å². The van der Waals surface area contributed by atoms with Crippen LogP contribution in [0.15, 0.2) is 91.2 Å². The molecule has 0 bridgehead atoms. The van der Waals surface area contributed by atoms with Gasteiger partial charge in [0.2, 0.25) is 0 Å². The minimum Gasteiger partial charge on any atom is -0.505 e. The third-order valence-corrected chi connectivity index (χ3v) is 8.04. The van der Waals surface area contributed by atoms with E-state index >= 15 is 0 Å². The third kappa shape index (κ3) is 5.78. The molecule has 230 valence electrons. The van der Waals surface area contributed by atoms with Gasteiger partial charge in [0, 0.05) is 31.7 Å². The van der Waals surface area contributed by atoms with Gasteiger partial charge in [-0.25, -0.2) is 9.97 Å². The van der Waals surface area contributed by atoms with Crippen molar-refractivity contribution in [3.05, 3.63) is 119 Å². The summed E-state index contributed by atoms with van der Waals surface area (Å²) in [6.07, 6.45) is 7.69. The summed E-state index contributed by atoms with van der Waals surface area (Å²) in [5.41, 5.74) is 4.13. The first kappa shape index (κ1) is 29.7. The lowest BCUT2D eigenvalue weighted by molar-refractivity contribution is -0.139. The summed E-state index contributed by atoms with van der Waals surface area (Å²) < 4.78 is 15.9. The number of aliphatic hydroxyl groups is 1. The molecule has 1 N–H and O–H groups in total. The molecule has 10 heteroatoms. The number of amides is 1. The van der Waals surface area contributed by atoms with Gasteiger partial charge in [0.05, 0.1) is 30.2 Å². The molecule has 1 saturated heterocycles. The average Bonchev–Trinajstić information content (AvgIpc) is 3.75. The zero-order valence-electron chi connectivity index (χ0n) is 25.5. The number of ketones is 1. The summed E-state index contributed by atoms with van der Waals surface area (Å²) in [5, 5.41) is 11.8. The zero-order valence-corrected chi connectivity index (χ0v) is 25.5. The number of Topliss-reactive ketones (excluding diaryl/α,β-unsaturated/α-hetero) is 1. The van der Waals surface area contributed by atoms with Gasteiger partial charge in [-0.05, 0) is 62.1 Å². The largest absolute Gasteiger partial charge is 0.505 e. The van der Waals surface area contributed by atoms with Crippen molar-refractivity contribution in [2.24, 2.45) is 0 Å². The van der Waals surface area contributed by atoms with E-state index in [2.05, 4.69) is 4.98 Å². The van der Waals surface area contributed by atoms with E-state index in [0.29, 0.717) is 54.6 Å². The number of pyridine rings is 1. The van der Waals surface area contributed by atoms with Gasteiger partial charge in [-0.15, -0.1) is 0 Å². The number of benzene rings is 2. The Morgan fingerprint density at radius 2 is 1.78 bits per heavy atom. The van der Waals surface area contributed by atoms with Crippen LogP contribution in [0.2, 0.25) is 0 Å². The fraction of sp³-hybridized carbons (Fsp3) is 0.257. The predicted molar refractivity (Wildman–Crippen MR) is 169 cm³/mol. The number of nitrogens with zero attached hydrogens (tertiary/aromatic N) is 5. The Morgan fingerprint density at radius 3 is 2.51 bits per heavy atom. The van der Waals surface area contributed by atoms with Crippen molar-refractivity contribution in [2.75, 3.05) is 13.2 Å². The van der Waals surface area contributed by atoms with E-state index in [1.165, 1.54) is 4.90 Å². The van der Waals surface area contributed by atoms with Crippen molar-refractivity contribution in [3.8, 4) is 11.5 Å². The van der Waals surface area contributed by atoms with Gasteiger partial charge in [-0.3, -0.25) is 9.59 Å². The topological polar surface area (TPSA) is 111 Å². The SMILES string of the molecule is CCOc1cc(C2/C(=C(\O)c3nc4c(C)cccn4c3C)C(=O)C(=O)N2CCCn2ccnc2)ccc1OCc1ccccc1. The van der Waals surface area contributed by atoms with Gasteiger partial charge in [0.15, 0.2) is 17.3 Å². The fourth-order valence-corrected chi connectivity index (χ4v) is 5.79. The molecule has 0 saturated carbocycles. The molecule has 6 rings (SSSR count). The average molecular weight is 606 g/mol. The molecule has 10 nitrogen and oxygen atoms in total. The normalized spacial score (nSPS) is 16.1. The maximum absolute atomic E-state index is 13.7. The van der Waals surface area contributed by atoms with E-state index in [1.807, 2.05) is 90.7 Å². The molecule has 0 spiro atoms. The van der Waals surface area contributed by atoms with Crippen molar-refractivity contribution < 1.29 is 24.2 Å². The minimum atomic E-state index is -0.861. The Bertz CT molecular complexity index is 1880. The van der Waals surface area contributed by atoms with Gasteiger partial charge in [0.25, 0.3) is 11.7 Å². The van der Waals surface area contributed by atoms with E-state index in [0.717, 1.165) is 11.1 Å². The number of hydrogen-bond donors (Lipinski definition) is 1. The smallest absolute Gasteiger partial charge is 0.295 e. The number of ether oxygens (including phenoxy) is 2. The van der Waals surface area contributed by atoms with Crippen LogP contribution in [-0.4, -0.2) is 53.8 Å². The van der Waals surface area contributed by atoms with E-state index in [-0.39, 0.29) is 23.6 Å². The Labute approximate surface area is 261 Å². The van der Waals surface area contributed by atoms with Crippen LogP contribution in [-0.2, 0) is 22.7 Å². The summed E-state index contributed by atoms with van der Waals surface area (Å²) in [6, 6.07) is 18.2. The molecule has 4 heterocycles. The second kappa shape index (κ2) is 12.7. The van der Waals surface area contributed by atoms with Crippen LogP contribution in [0.5, 0.6) is 11.5 Å². The number of aromatic nitrogens is 4. The van der Waals surface area contributed by atoms with Crippen LogP contribution in [0.3, 0.4) is 0 Å². The van der Waals surface area contributed by atoms with Crippen LogP contribution in [0.4, 0.5) is 0 Å². The molecular weight excluding hydrogens is 570 g/mol. The number of likely N-dealkylation sites (tertiary alicyclic amines) is 1. The van der Waals surface area contributed by atoms with Gasteiger partial charge in [-0.2, -0.15) is 0 Å². The Morgan fingerprint density at radius 1 is 0.956 bits per heavy atom. The monoisotopic (exact) mass is 605 g/mol. The number of aryl methyl sites for hydroxylation is 3. The fourth-order valence-electron chi connectivity index (χ4n) is 5.79. The molecule has 0 aliphatic carbocycles. The predicted octanol–water partition coefficient (Wildman–Crippen LogP) is 5.64. The lowest BCUT2D eigenvalue weighted by Gasteiger charge is -2.26. The quantitative estimate of drug-likeness (QED) is 0.118. The summed E-state index contributed by atoms with van der Waals surface area (Å²) in [6.45, 7) is 7.26. The Balaban J connectivity index is 1.42. The molecule has 1 fully saturated rings. The van der Waals surface area contributed by atoms with Crippen LogP contribution in [0, 0.1) is 13.8 Å². The molecule has 1 amide bonds. The highest BCUT2D eigenvalue weighted by molar-refractivity contribution is 6.46. The van der Waals surface area contributed by atoms with Gasteiger partial charge in [0.1, 0.15) is 17.9 Å². The lowest BCUT2D eigenvalue weighted by atomic mass is 9.96. The van der Waals surface area contributed by atoms with Gasteiger partial charge in [-0.1, -0.05) is 42.5 Å². The number of carbonyl (C=O) groups excluding carboxylic acids is 2. The highest BCUT2D eigenvalue weighted by Gasteiger charge is 2.46. The number of rotatable bonds is 11. The molecule has 1 aliphatic rings. The zero-order chi connectivity index (χ0) is 31.5. The number of imidazole rings is 2. The third-order valence-electron chi connectivity index (χ3n) is 8.04. The maximum atomic E-state index is 13.7. The molecule has 45 heavy (non-hydrogen) atoms. The second-order valence-electron chi connectivity index (χ2n) is 11.0. The molecule has 3 aromatic heterocycles. The summed E-state index contributed by atoms with van der Waals surface area (Å²) in [4.78, 5) is 37.6. The minimum absolute atomic E-state index is 0.00723. The number of aliphatic hydroxyl groups excluding tert-OH is 1. The molecule has 1 aliphatic heterocycles. The first-order chi connectivity index (χ1) is 21.9. The highest BCUT2D eigenvalue weighted by atomic mass is 16.5. The molecule has 5 aromatic rings. The molecule has 1 atom stereocenters.